The van der Waals surface area contributed by atoms with Crippen molar-refractivity contribution in [3.63, 3.8) is 0 Å². The van der Waals surface area contributed by atoms with Crippen molar-refractivity contribution < 1.29 is 9.05 Å². The first-order chi connectivity index (χ1) is 13.2. The number of aryl methyl sites for hydroxylation is 8. The molecule has 0 atom stereocenters. The molecule has 0 aliphatic heterocycles. The van der Waals surface area contributed by atoms with E-state index in [9.17, 15) is 0 Å². The Balaban J connectivity index is 0.000000187. The molecule has 152 valence electrons. The Hall–Kier alpha value is -2.60. The van der Waals surface area contributed by atoms with Crippen molar-refractivity contribution in [1.82, 2.24) is 39.9 Å². The predicted octanol–water partition coefficient (Wildman–Crippen LogP) is 3.68. The van der Waals surface area contributed by atoms with E-state index in [1.165, 1.54) is 32.8 Å². The summed E-state index contributed by atoms with van der Waals surface area (Å²) in [4.78, 5) is 2.42. The maximum absolute atomic E-state index is 4.60. The zero-order valence-electron chi connectivity index (χ0n) is 17.2. The van der Waals surface area contributed by atoms with Gasteiger partial charge in [0.1, 0.15) is 11.4 Å². The quantitative estimate of drug-likeness (QED) is 0.412. The van der Waals surface area contributed by atoms with Crippen LogP contribution < -0.4 is 0 Å². The van der Waals surface area contributed by atoms with Gasteiger partial charge in [0.2, 0.25) is 0 Å². The topological polar surface area (TPSA) is 129 Å². The first-order valence-electron chi connectivity index (χ1n) is 8.24. The molecule has 0 unspecified atom stereocenters. The van der Waals surface area contributed by atoms with Gasteiger partial charge in [0.25, 0.3) is 0 Å². The van der Waals surface area contributed by atoms with Crippen LogP contribution in [0.4, 0.5) is 0 Å². The van der Waals surface area contributed by atoms with Crippen LogP contribution in [0.25, 0.3) is 0 Å². The second-order valence-electron chi connectivity index (χ2n) is 5.66. The van der Waals surface area contributed by atoms with Crippen molar-refractivity contribution in [2.75, 3.05) is 0 Å². The smallest absolute Gasteiger partial charge is 0.156 e. The number of aromatic nitrogens is 8. The normalized spacial score (nSPS) is 9.43. The largest absolute Gasteiger partial charge is 0.342 e. The minimum atomic E-state index is 0.792. The summed E-state index contributed by atoms with van der Waals surface area (Å²) >= 11 is 2.89. The van der Waals surface area contributed by atoms with E-state index >= 15 is 0 Å². The molecule has 4 aromatic rings. The zero-order chi connectivity index (χ0) is 21.1. The van der Waals surface area contributed by atoms with Crippen LogP contribution in [0.2, 0.25) is 0 Å². The monoisotopic (exact) mass is 424 g/mol. The fraction of sp³-hybridized carbons (Fsp3) is 0.500. The molecule has 0 bridgehead atoms. The van der Waals surface area contributed by atoms with Gasteiger partial charge in [-0.15, -0.1) is 20.4 Å². The van der Waals surface area contributed by atoms with Crippen molar-refractivity contribution in [2.45, 2.75) is 55.4 Å². The summed E-state index contributed by atoms with van der Waals surface area (Å²) in [6.07, 6.45) is 0. The van der Waals surface area contributed by atoms with Crippen molar-refractivity contribution in [3.05, 3.63) is 44.1 Å². The average molecular weight is 425 g/mol. The number of nitrogens with zero attached hydrogens (tertiary/aromatic N) is 8. The van der Waals surface area contributed by atoms with Gasteiger partial charge in [0.15, 0.2) is 11.5 Å². The maximum atomic E-state index is 4.60. The summed E-state index contributed by atoms with van der Waals surface area (Å²) in [5, 5.41) is 21.4. The Morgan fingerprint density at radius 1 is 0.500 bits per heavy atom. The van der Waals surface area contributed by atoms with Gasteiger partial charge >= 0.3 is 0 Å². The summed E-state index contributed by atoms with van der Waals surface area (Å²) in [5.74, 6) is 1.58. The van der Waals surface area contributed by atoms with Gasteiger partial charge < -0.3 is 9.05 Å². The van der Waals surface area contributed by atoms with Gasteiger partial charge in [-0.2, -0.15) is 0 Å². The number of rotatable bonds is 0. The van der Waals surface area contributed by atoms with E-state index in [4.69, 9.17) is 0 Å². The molecule has 0 aromatic carbocycles. The van der Waals surface area contributed by atoms with E-state index in [2.05, 4.69) is 49.0 Å². The molecule has 12 heteroatoms. The second kappa shape index (κ2) is 12.0. The van der Waals surface area contributed by atoms with Gasteiger partial charge in [0, 0.05) is 20.3 Å². The molecule has 0 saturated heterocycles. The van der Waals surface area contributed by atoms with Crippen molar-refractivity contribution >= 4 is 23.1 Å². The first-order valence-corrected chi connectivity index (χ1v) is 9.79. The molecule has 10 nitrogen and oxygen atoms in total. The van der Waals surface area contributed by atoms with Crippen LogP contribution in [-0.2, 0) is 0 Å². The summed E-state index contributed by atoms with van der Waals surface area (Å²) in [6.45, 7) is 15.3. The average Bonchev–Trinajstić information content (AvgIpc) is 3.41. The highest BCUT2D eigenvalue weighted by molar-refractivity contribution is 7.05. The van der Waals surface area contributed by atoms with Crippen molar-refractivity contribution in [3.8, 4) is 0 Å². The van der Waals surface area contributed by atoms with E-state index < -0.39 is 0 Å². The Bertz CT molecular complexity index is 725. The molecule has 28 heavy (non-hydrogen) atoms. The highest BCUT2D eigenvalue weighted by atomic mass is 32.1. The highest BCUT2D eigenvalue weighted by Gasteiger charge is 1.94. The molecule has 0 amide bonds. The molecule has 0 aliphatic carbocycles. The molecule has 4 heterocycles. The van der Waals surface area contributed by atoms with E-state index in [1.807, 2.05) is 55.4 Å². The molecule has 0 N–H and O–H groups in total. The molecule has 0 saturated carbocycles. The van der Waals surface area contributed by atoms with E-state index in [0.717, 1.165) is 34.3 Å². The summed E-state index contributed by atoms with van der Waals surface area (Å²) in [7, 11) is 0. The van der Waals surface area contributed by atoms with Gasteiger partial charge in [-0.3, -0.25) is 0 Å². The van der Waals surface area contributed by atoms with Gasteiger partial charge in [-0.1, -0.05) is 8.98 Å². The standard InChI is InChI=1S/2C4H6N2O.2C4H6N2S/c4*1-3-4(2)7-6-5-3/h4*1-2H3. The van der Waals surface area contributed by atoms with Gasteiger partial charge in [0.05, 0.1) is 11.4 Å². The predicted molar refractivity (Wildman–Crippen MR) is 106 cm³/mol. The lowest BCUT2D eigenvalue weighted by Gasteiger charge is -1.74. The Morgan fingerprint density at radius 3 is 0.929 bits per heavy atom. The molecule has 0 fully saturated rings. The highest BCUT2D eigenvalue weighted by Crippen LogP contribution is 2.04. The molecule has 0 radical (unpaired) electrons. The lowest BCUT2D eigenvalue weighted by molar-refractivity contribution is 0.373. The van der Waals surface area contributed by atoms with Crippen molar-refractivity contribution in [1.29, 1.82) is 0 Å². The first kappa shape index (κ1) is 23.4. The Kier molecular flexibility index (Phi) is 10.0. The van der Waals surface area contributed by atoms with Crippen LogP contribution >= 0.6 is 23.1 Å². The fourth-order valence-corrected chi connectivity index (χ4v) is 2.03. The van der Waals surface area contributed by atoms with Crippen LogP contribution in [0, 0.1) is 55.4 Å². The Labute approximate surface area is 171 Å². The fourth-order valence-electron chi connectivity index (χ4n) is 1.12. The molecule has 4 aromatic heterocycles. The Morgan fingerprint density at radius 2 is 0.857 bits per heavy atom. The SMILES string of the molecule is Cc1nnoc1C.Cc1nnoc1C.Cc1nnsc1C.Cc1nnsc1C. The molecule has 0 aliphatic rings. The number of hydrogen-bond donors (Lipinski definition) is 0. The second-order valence-corrected chi connectivity index (χ2v) is 7.57. The maximum Gasteiger partial charge on any atom is 0.156 e. The van der Waals surface area contributed by atoms with E-state index in [1.54, 1.807) is 0 Å². The summed E-state index contributed by atoms with van der Waals surface area (Å²) in [6, 6.07) is 0. The molecular weight excluding hydrogens is 400 g/mol. The third-order valence-electron chi connectivity index (χ3n) is 3.51. The third-order valence-corrected chi connectivity index (χ3v) is 4.98. The van der Waals surface area contributed by atoms with Crippen LogP contribution in [0.1, 0.15) is 44.1 Å². The van der Waals surface area contributed by atoms with Crippen molar-refractivity contribution in [2.24, 2.45) is 0 Å². The summed E-state index contributed by atoms with van der Waals surface area (Å²) < 4.78 is 16.6. The van der Waals surface area contributed by atoms with Gasteiger partial charge in [-0.05, 0) is 78.5 Å². The van der Waals surface area contributed by atoms with Crippen LogP contribution in [0.5, 0.6) is 0 Å². The van der Waals surface area contributed by atoms with E-state index in [-0.39, 0.29) is 0 Å². The molecule has 0 spiro atoms. The van der Waals surface area contributed by atoms with Gasteiger partial charge in [-0.25, -0.2) is 0 Å². The number of hydrogen-bond acceptors (Lipinski definition) is 12. The van der Waals surface area contributed by atoms with E-state index in [0.29, 0.717) is 0 Å². The minimum Gasteiger partial charge on any atom is -0.342 e. The lowest BCUT2D eigenvalue weighted by Crippen LogP contribution is -1.70. The van der Waals surface area contributed by atoms with Crippen LogP contribution in [0.15, 0.2) is 9.05 Å². The van der Waals surface area contributed by atoms with Crippen LogP contribution in [-0.4, -0.2) is 39.9 Å². The molecular formula is C16H24N8O2S2. The lowest BCUT2D eigenvalue weighted by atomic mass is 10.4. The third kappa shape index (κ3) is 8.39. The summed E-state index contributed by atoms with van der Waals surface area (Å²) in [5.41, 5.74) is 3.81. The zero-order valence-corrected chi connectivity index (χ0v) is 18.8. The van der Waals surface area contributed by atoms with Crippen LogP contribution in [0.3, 0.4) is 0 Å². The minimum absolute atomic E-state index is 0.792. The molecule has 4 rings (SSSR count).